The van der Waals surface area contributed by atoms with E-state index in [2.05, 4.69) is 52.8 Å². The Morgan fingerprint density at radius 2 is 2.00 bits per heavy atom. The Bertz CT molecular complexity index is 615. The standard InChI is InChI=1S/C14H21N5S/c1-8(13-10(3)20-11(4)16-13)15-9(2)14-18-17-12-6-5-7-19(12)14/h8-9,15H,5-7H2,1-4H3. The Labute approximate surface area is 123 Å². The molecule has 6 heteroatoms. The molecule has 0 saturated carbocycles. The van der Waals surface area contributed by atoms with Gasteiger partial charge in [0.25, 0.3) is 0 Å². The van der Waals surface area contributed by atoms with Crippen molar-refractivity contribution in [2.24, 2.45) is 0 Å². The first kappa shape index (κ1) is 13.7. The summed E-state index contributed by atoms with van der Waals surface area (Å²) in [5.41, 5.74) is 1.15. The Balaban J connectivity index is 1.75. The average molecular weight is 291 g/mol. The van der Waals surface area contributed by atoms with Crippen molar-refractivity contribution in [3.63, 3.8) is 0 Å². The summed E-state index contributed by atoms with van der Waals surface area (Å²) in [6.07, 6.45) is 2.24. The van der Waals surface area contributed by atoms with Crippen molar-refractivity contribution >= 4 is 11.3 Å². The van der Waals surface area contributed by atoms with E-state index in [0.29, 0.717) is 0 Å². The first-order valence-electron chi connectivity index (χ1n) is 7.18. The number of aromatic nitrogens is 4. The highest BCUT2D eigenvalue weighted by molar-refractivity contribution is 7.11. The summed E-state index contributed by atoms with van der Waals surface area (Å²) in [4.78, 5) is 5.92. The van der Waals surface area contributed by atoms with Gasteiger partial charge in [-0.15, -0.1) is 21.5 Å². The van der Waals surface area contributed by atoms with Gasteiger partial charge in [-0.1, -0.05) is 0 Å². The zero-order valence-corrected chi connectivity index (χ0v) is 13.3. The lowest BCUT2D eigenvalue weighted by molar-refractivity contribution is 0.453. The van der Waals surface area contributed by atoms with E-state index in [9.17, 15) is 0 Å². The quantitative estimate of drug-likeness (QED) is 0.941. The summed E-state index contributed by atoms with van der Waals surface area (Å²) >= 11 is 1.76. The summed E-state index contributed by atoms with van der Waals surface area (Å²) in [5, 5.41) is 13.4. The van der Waals surface area contributed by atoms with E-state index in [-0.39, 0.29) is 12.1 Å². The van der Waals surface area contributed by atoms with E-state index < -0.39 is 0 Å². The minimum absolute atomic E-state index is 0.186. The first-order valence-corrected chi connectivity index (χ1v) is 8.00. The molecule has 2 atom stereocenters. The number of thiazole rings is 1. The maximum Gasteiger partial charge on any atom is 0.149 e. The number of nitrogens with one attached hydrogen (secondary N) is 1. The van der Waals surface area contributed by atoms with Crippen LogP contribution in [0.4, 0.5) is 0 Å². The molecule has 0 radical (unpaired) electrons. The van der Waals surface area contributed by atoms with Crippen molar-refractivity contribution in [3.8, 4) is 0 Å². The average Bonchev–Trinajstić information content (AvgIpc) is 3.03. The highest BCUT2D eigenvalue weighted by atomic mass is 32.1. The fraction of sp³-hybridized carbons (Fsp3) is 0.643. The predicted octanol–water partition coefficient (Wildman–Crippen LogP) is 2.71. The van der Waals surface area contributed by atoms with E-state index in [1.807, 2.05) is 0 Å². The second-order valence-electron chi connectivity index (χ2n) is 5.51. The summed E-state index contributed by atoms with van der Waals surface area (Å²) in [5.74, 6) is 2.18. The SMILES string of the molecule is Cc1nc(C(C)NC(C)c2nnc3n2CCC3)c(C)s1. The van der Waals surface area contributed by atoms with Gasteiger partial charge in [-0.3, -0.25) is 5.32 Å². The summed E-state index contributed by atoms with van der Waals surface area (Å²) < 4.78 is 2.25. The van der Waals surface area contributed by atoms with Gasteiger partial charge in [-0.05, 0) is 34.1 Å². The van der Waals surface area contributed by atoms with E-state index in [4.69, 9.17) is 0 Å². The molecule has 20 heavy (non-hydrogen) atoms. The molecule has 0 bridgehead atoms. The van der Waals surface area contributed by atoms with Crippen molar-refractivity contribution in [1.82, 2.24) is 25.1 Å². The largest absolute Gasteiger partial charge is 0.314 e. The van der Waals surface area contributed by atoms with Crippen LogP contribution >= 0.6 is 11.3 Å². The van der Waals surface area contributed by atoms with Crippen LogP contribution in [0.25, 0.3) is 0 Å². The van der Waals surface area contributed by atoms with Crippen molar-refractivity contribution in [3.05, 3.63) is 27.2 Å². The zero-order valence-electron chi connectivity index (χ0n) is 12.5. The van der Waals surface area contributed by atoms with Gasteiger partial charge >= 0.3 is 0 Å². The molecular formula is C14H21N5S. The molecule has 3 rings (SSSR count). The van der Waals surface area contributed by atoms with E-state index in [1.165, 1.54) is 11.3 Å². The predicted molar refractivity (Wildman–Crippen MR) is 79.9 cm³/mol. The van der Waals surface area contributed by atoms with E-state index in [1.54, 1.807) is 11.3 Å². The third kappa shape index (κ3) is 2.38. The number of rotatable bonds is 4. The van der Waals surface area contributed by atoms with Crippen LogP contribution in [-0.4, -0.2) is 19.7 Å². The minimum atomic E-state index is 0.186. The molecule has 0 aromatic carbocycles. The molecule has 3 heterocycles. The maximum atomic E-state index is 4.63. The van der Waals surface area contributed by atoms with Gasteiger partial charge in [-0.25, -0.2) is 4.98 Å². The van der Waals surface area contributed by atoms with Crippen LogP contribution in [0.15, 0.2) is 0 Å². The molecule has 2 unspecified atom stereocenters. The molecule has 108 valence electrons. The van der Waals surface area contributed by atoms with Gasteiger partial charge in [0.15, 0.2) is 0 Å². The lowest BCUT2D eigenvalue weighted by Gasteiger charge is -2.19. The molecule has 5 nitrogen and oxygen atoms in total. The minimum Gasteiger partial charge on any atom is -0.314 e. The fourth-order valence-electron chi connectivity index (χ4n) is 2.97. The lowest BCUT2D eigenvalue weighted by atomic mass is 10.2. The number of fused-ring (bicyclic) bond motifs is 1. The molecule has 1 aliphatic heterocycles. The molecule has 0 amide bonds. The van der Waals surface area contributed by atoms with Gasteiger partial charge in [0.05, 0.1) is 16.7 Å². The Morgan fingerprint density at radius 3 is 2.70 bits per heavy atom. The Kier molecular flexibility index (Phi) is 3.60. The van der Waals surface area contributed by atoms with Gasteiger partial charge in [0, 0.05) is 23.9 Å². The number of hydrogen-bond acceptors (Lipinski definition) is 5. The molecule has 1 N–H and O–H groups in total. The highest BCUT2D eigenvalue weighted by Crippen LogP contribution is 2.25. The van der Waals surface area contributed by atoms with Crippen LogP contribution < -0.4 is 5.32 Å². The summed E-state index contributed by atoms with van der Waals surface area (Å²) in [6, 6.07) is 0.412. The Hall–Kier alpha value is -1.27. The monoisotopic (exact) mass is 291 g/mol. The normalized spacial score (nSPS) is 17.2. The van der Waals surface area contributed by atoms with Crippen molar-refractivity contribution in [1.29, 1.82) is 0 Å². The van der Waals surface area contributed by atoms with Crippen LogP contribution in [0.2, 0.25) is 0 Å². The molecular weight excluding hydrogens is 270 g/mol. The highest BCUT2D eigenvalue weighted by Gasteiger charge is 2.23. The number of aryl methyl sites for hydroxylation is 3. The summed E-state index contributed by atoms with van der Waals surface area (Å²) in [6.45, 7) is 9.56. The molecule has 1 aliphatic rings. The maximum absolute atomic E-state index is 4.63. The molecule has 0 aliphatic carbocycles. The first-order chi connectivity index (χ1) is 9.56. The van der Waals surface area contributed by atoms with Crippen LogP contribution in [0.1, 0.15) is 59.6 Å². The third-order valence-electron chi connectivity index (χ3n) is 3.87. The van der Waals surface area contributed by atoms with Gasteiger partial charge in [0.2, 0.25) is 0 Å². The third-order valence-corrected chi connectivity index (χ3v) is 4.78. The number of nitrogens with zero attached hydrogens (tertiary/aromatic N) is 4. The molecule has 0 spiro atoms. The van der Waals surface area contributed by atoms with Crippen molar-refractivity contribution in [2.75, 3.05) is 0 Å². The molecule has 0 saturated heterocycles. The van der Waals surface area contributed by atoms with Crippen LogP contribution in [0.3, 0.4) is 0 Å². The van der Waals surface area contributed by atoms with Crippen LogP contribution in [-0.2, 0) is 13.0 Å². The molecule has 2 aromatic heterocycles. The lowest BCUT2D eigenvalue weighted by Crippen LogP contribution is -2.25. The molecule has 0 fully saturated rings. The fourth-order valence-corrected chi connectivity index (χ4v) is 3.88. The van der Waals surface area contributed by atoms with E-state index in [0.717, 1.165) is 35.3 Å². The second kappa shape index (κ2) is 5.26. The van der Waals surface area contributed by atoms with Gasteiger partial charge in [-0.2, -0.15) is 0 Å². The Morgan fingerprint density at radius 1 is 1.20 bits per heavy atom. The summed E-state index contributed by atoms with van der Waals surface area (Å²) in [7, 11) is 0. The van der Waals surface area contributed by atoms with Crippen molar-refractivity contribution < 1.29 is 0 Å². The van der Waals surface area contributed by atoms with Crippen LogP contribution in [0.5, 0.6) is 0 Å². The second-order valence-corrected chi connectivity index (χ2v) is 6.92. The van der Waals surface area contributed by atoms with E-state index >= 15 is 0 Å². The van der Waals surface area contributed by atoms with Crippen LogP contribution in [0, 0.1) is 13.8 Å². The van der Waals surface area contributed by atoms with Gasteiger partial charge in [0.1, 0.15) is 11.6 Å². The van der Waals surface area contributed by atoms with Crippen molar-refractivity contribution in [2.45, 2.75) is 59.2 Å². The zero-order chi connectivity index (χ0) is 14.3. The van der Waals surface area contributed by atoms with Gasteiger partial charge < -0.3 is 4.57 Å². The molecule has 2 aromatic rings. The smallest absolute Gasteiger partial charge is 0.149 e. The topological polar surface area (TPSA) is 55.6 Å². The number of hydrogen-bond donors (Lipinski definition) is 1.